The Balaban J connectivity index is 1.94. The van der Waals surface area contributed by atoms with Gasteiger partial charge in [0.05, 0.1) is 18.1 Å². The topological polar surface area (TPSA) is 81.7 Å². The van der Waals surface area contributed by atoms with Crippen molar-refractivity contribution in [1.29, 1.82) is 0 Å². The molecule has 1 aromatic rings. The van der Waals surface area contributed by atoms with Crippen LogP contribution in [0.5, 0.6) is 5.75 Å². The highest BCUT2D eigenvalue weighted by molar-refractivity contribution is 7.90. The van der Waals surface area contributed by atoms with Gasteiger partial charge < -0.3 is 9.47 Å². The minimum atomic E-state index is -3.90. The number of methoxy groups -OCH3 is 1. The summed E-state index contributed by atoms with van der Waals surface area (Å²) < 4.78 is 36.5. The van der Waals surface area contributed by atoms with Crippen molar-refractivity contribution in [2.45, 2.75) is 36.7 Å². The number of benzene rings is 1. The maximum Gasteiger partial charge on any atom is 0.264 e. The fourth-order valence-electron chi connectivity index (χ4n) is 2.26. The van der Waals surface area contributed by atoms with E-state index >= 15 is 0 Å². The Bertz CT molecular complexity index is 593. The summed E-state index contributed by atoms with van der Waals surface area (Å²) in [5, 5.41) is 0. The summed E-state index contributed by atoms with van der Waals surface area (Å²) in [7, 11) is -2.45. The van der Waals surface area contributed by atoms with Gasteiger partial charge in [-0.05, 0) is 25.0 Å². The largest absolute Gasteiger partial charge is 0.497 e. The molecule has 1 saturated carbocycles. The van der Waals surface area contributed by atoms with Crippen molar-refractivity contribution in [1.82, 2.24) is 4.72 Å². The smallest absolute Gasteiger partial charge is 0.264 e. The summed E-state index contributed by atoms with van der Waals surface area (Å²) in [6, 6.07) is 5.93. The van der Waals surface area contributed by atoms with Crippen LogP contribution in [0, 0.1) is 0 Å². The van der Waals surface area contributed by atoms with Crippen LogP contribution in [0.3, 0.4) is 0 Å². The van der Waals surface area contributed by atoms with Gasteiger partial charge >= 0.3 is 0 Å². The molecule has 0 radical (unpaired) electrons. The van der Waals surface area contributed by atoms with E-state index in [0.717, 1.165) is 25.7 Å². The first kappa shape index (κ1) is 15.8. The van der Waals surface area contributed by atoms with Gasteiger partial charge in [-0.25, -0.2) is 13.1 Å². The van der Waals surface area contributed by atoms with Gasteiger partial charge in [0, 0.05) is 6.07 Å². The molecule has 0 heterocycles. The van der Waals surface area contributed by atoms with Gasteiger partial charge in [0.2, 0.25) is 0 Å². The Morgan fingerprint density at radius 2 is 2.05 bits per heavy atom. The maximum absolute atomic E-state index is 12.1. The van der Waals surface area contributed by atoms with E-state index in [-0.39, 0.29) is 17.6 Å². The lowest BCUT2D eigenvalue weighted by Crippen LogP contribution is -2.34. The number of sulfonamides is 1. The molecule has 1 aliphatic rings. The van der Waals surface area contributed by atoms with Crippen molar-refractivity contribution >= 4 is 15.9 Å². The SMILES string of the molecule is COc1cccc(S(=O)(=O)NC(=O)COC2CCCC2)c1. The van der Waals surface area contributed by atoms with Gasteiger partial charge in [-0.2, -0.15) is 0 Å². The molecule has 0 spiro atoms. The Morgan fingerprint density at radius 3 is 2.71 bits per heavy atom. The third-order valence-electron chi connectivity index (χ3n) is 3.35. The molecule has 0 unspecified atom stereocenters. The molecule has 1 fully saturated rings. The van der Waals surface area contributed by atoms with Gasteiger partial charge in [-0.3, -0.25) is 4.79 Å². The van der Waals surface area contributed by atoms with E-state index in [2.05, 4.69) is 0 Å². The molecule has 0 bridgehead atoms. The molecule has 116 valence electrons. The zero-order chi connectivity index (χ0) is 15.3. The molecule has 6 nitrogen and oxygen atoms in total. The third-order valence-corrected chi connectivity index (χ3v) is 4.72. The van der Waals surface area contributed by atoms with Crippen molar-refractivity contribution in [3.05, 3.63) is 24.3 Å². The normalized spacial score (nSPS) is 15.9. The second kappa shape index (κ2) is 6.91. The number of carbonyl (C=O) groups is 1. The Hall–Kier alpha value is -1.60. The highest BCUT2D eigenvalue weighted by Gasteiger charge is 2.21. The van der Waals surface area contributed by atoms with Gasteiger partial charge in [-0.1, -0.05) is 18.9 Å². The maximum atomic E-state index is 12.1. The molecule has 1 N–H and O–H groups in total. The Labute approximate surface area is 124 Å². The minimum absolute atomic E-state index is 0.0175. The lowest BCUT2D eigenvalue weighted by atomic mass is 10.3. The Kier molecular flexibility index (Phi) is 5.19. The van der Waals surface area contributed by atoms with E-state index in [4.69, 9.17) is 9.47 Å². The summed E-state index contributed by atoms with van der Waals surface area (Å²) in [6.07, 6.45) is 4.10. The van der Waals surface area contributed by atoms with Crippen LogP contribution < -0.4 is 9.46 Å². The van der Waals surface area contributed by atoms with Gasteiger partial charge in [0.15, 0.2) is 0 Å². The van der Waals surface area contributed by atoms with Gasteiger partial charge in [0.1, 0.15) is 12.4 Å². The van der Waals surface area contributed by atoms with Crippen LogP contribution in [-0.2, 0) is 19.6 Å². The van der Waals surface area contributed by atoms with E-state index in [1.807, 2.05) is 4.72 Å². The van der Waals surface area contributed by atoms with Crippen LogP contribution in [0.15, 0.2) is 29.2 Å². The first-order valence-electron chi connectivity index (χ1n) is 6.82. The number of nitrogens with one attached hydrogen (secondary N) is 1. The number of amides is 1. The van der Waals surface area contributed by atoms with Crippen molar-refractivity contribution in [3.63, 3.8) is 0 Å². The monoisotopic (exact) mass is 313 g/mol. The quantitative estimate of drug-likeness (QED) is 0.860. The lowest BCUT2D eigenvalue weighted by Gasteiger charge is -2.11. The summed E-state index contributed by atoms with van der Waals surface area (Å²) in [5.41, 5.74) is 0. The zero-order valence-corrected chi connectivity index (χ0v) is 12.7. The van der Waals surface area contributed by atoms with E-state index in [1.165, 1.54) is 19.2 Å². The van der Waals surface area contributed by atoms with Crippen molar-refractivity contribution < 1.29 is 22.7 Å². The molecular weight excluding hydrogens is 294 g/mol. The number of hydrogen-bond acceptors (Lipinski definition) is 5. The summed E-state index contributed by atoms with van der Waals surface area (Å²) in [6.45, 7) is -0.242. The van der Waals surface area contributed by atoms with Crippen LogP contribution in [0.2, 0.25) is 0 Å². The lowest BCUT2D eigenvalue weighted by molar-refractivity contribution is -0.125. The molecule has 7 heteroatoms. The standard InChI is InChI=1S/C14H19NO5S/c1-19-12-7-4-8-13(9-12)21(17,18)15-14(16)10-20-11-5-2-3-6-11/h4,7-9,11H,2-3,5-6,10H2,1H3,(H,15,16). The van der Waals surface area contributed by atoms with E-state index < -0.39 is 15.9 Å². The predicted molar refractivity (Wildman–Crippen MR) is 76.5 cm³/mol. The van der Waals surface area contributed by atoms with Gasteiger partial charge in [-0.15, -0.1) is 0 Å². The average Bonchev–Trinajstić information content (AvgIpc) is 2.98. The van der Waals surface area contributed by atoms with Gasteiger partial charge in [0.25, 0.3) is 15.9 Å². The number of ether oxygens (including phenoxy) is 2. The van der Waals surface area contributed by atoms with Crippen LogP contribution in [-0.4, -0.2) is 34.1 Å². The first-order chi connectivity index (χ1) is 10.0. The van der Waals surface area contributed by atoms with Crippen molar-refractivity contribution in [3.8, 4) is 5.75 Å². The van der Waals surface area contributed by atoms with Crippen LogP contribution in [0.25, 0.3) is 0 Å². The predicted octanol–water partition coefficient (Wildman–Crippen LogP) is 1.46. The molecular formula is C14H19NO5S. The molecule has 1 aliphatic carbocycles. The fourth-order valence-corrected chi connectivity index (χ4v) is 3.26. The van der Waals surface area contributed by atoms with Crippen molar-refractivity contribution in [2.24, 2.45) is 0 Å². The van der Waals surface area contributed by atoms with E-state index in [1.54, 1.807) is 12.1 Å². The highest BCUT2D eigenvalue weighted by Crippen LogP contribution is 2.21. The second-order valence-electron chi connectivity index (χ2n) is 4.93. The minimum Gasteiger partial charge on any atom is -0.497 e. The van der Waals surface area contributed by atoms with Crippen LogP contribution in [0.4, 0.5) is 0 Å². The summed E-state index contributed by atoms with van der Waals surface area (Å²) in [5.74, 6) is -0.253. The number of hydrogen-bond donors (Lipinski definition) is 1. The average molecular weight is 313 g/mol. The third kappa shape index (κ3) is 4.44. The second-order valence-corrected chi connectivity index (χ2v) is 6.61. The van der Waals surface area contributed by atoms with E-state index in [0.29, 0.717) is 5.75 Å². The molecule has 0 aromatic heterocycles. The van der Waals surface area contributed by atoms with Crippen LogP contribution >= 0.6 is 0 Å². The Morgan fingerprint density at radius 1 is 1.33 bits per heavy atom. The molecule has 21 heavy (non-hydrogen) atoms. The first-order valence-corrected chi connectivity index (χ1v) is 8.31. The summed E-state index contributed by atoms with van der Waals surface area (Å²) in [4.78, 5) is 11.7. The highest BCUT2D eigenvalue weighted by atomic mass is 32.2. The molecule has 0 saturated heterocycles. The summed E-state index contributed by atoms with van der Waals surface area (Å²) >= 11 is 0. The molecule has 2 rings (SSSR count). The molecule has 0 atom stereocenters. The molecule has 0 aliphatic heterocycles. The zero-order valence-electron chi connectivity index (χ0n) is 11.9. The fraction of sp³-hybridized carbons (Fsp3) is 0.500. The van der Waals surface area contributed by atoms with Crippen molar-refractivity contribution in [2.75, 3.05) is 13.7 Å². The number of rotatable bonds is 6. The van der Waals surface area contributed by atoms with Crippen LogP contribution in [0.1, 0.15) is 25.7 Å². The number of carbonyl (C=O) groups excluding carboxylic acids is 1. The molecule has 1 aromatic carbocycles. The molecule has 1 amide bonds. The van der Waals surface area contributed by atoms with E-state index in [9.17, 15) is 13.2 Å².